The highest BCUT2D eigenvalue weighted by molar-refractivity contribution is 14.0. The van der Waals surface area contributed by atoms with Gasteiger partial charge in [0.25, 0.3) is 0 Å². The van der Waals surface area contributed by atoms with Crippen molar-refractivity contribution in [3.63, 3.8) is 0 Å². The number of carbonyl (C=O) groups excluding carboxylic acids is 1. The Hall–Kier alpha value is -1.42. The second-order valence-electron chi connectivity index (χ2n) is 7.10. The zero-order chi connectivity index (χ0) is 20.5. The van der Waals surface area contributed by atoms with E-state index in [1.54, 1.807) is 7.11 Å². The molecule has 1 aliphatic rings. The van der Waals surface area contributed by atoms with Crippen LogP contribution in [0.5, 0.6) is 5.75 Å². The van der Waals surface area contributed by atoms with E-state index in [4.69, 9.17) is 16.3 Å². The van der Waals surface area contributed by atoms with E-state index in [-0.39, 0.29) is 41.8 Å². The van der Waals surface area contributed by atoms with Crippen LogP contribution in [0, 0.1) is 5.92 Å². The number of carbonyl (C=O) groups is 1. The molecule has 0 radical (unpaired) electrons. The van der Waals surface area contributed by atoms with Gasteiger partial charge < -0.3 is 25.6 Å². The fourth-order valence-corrected chi connectivity index (χ4v) is 3.24. The molecule has 9 heteroatoms. The van der Waals surface area contributed by atoms with Crippen LogP contribution in [0.25, 0.3) is 0 Å². The fraction of sp³-hybridized carbons (Fsp3) is 0.600. The van der Waals surface area contributed by atoms with Crippen LogP contribution in [0.15, 0.2) is 23.2 Å². The van der Waals surface area contributed by atoms with Gasteiger partial charge in [-0.3, -0.25) is 9.79 Å². The van der Waals surface area contributed by atoms with Gasteiger partial charge >= 0.3 is 0 Å². The van der Waals surface area contributed by atoms with Crippen molar-refractivity contribution in [2.24, 2.45) is 10.9 Å². The topological polar surface area (TPSA) is 78.0 Å². The van der Waals surface area contributed by atoms with Crippen LogP contribution >= 0.6 is 35.6 Å². The number of benzene rings is 1. The lowest BCUT2D eigenvalue weighted by Crippen LogP contribution is -2.45. The predicted molar refractivity (Wildman–Crippen MR) is 131 cm³/mol. The standard InChI is InChI=1S/C20H32ClN5O2.HI/c1-5-22-20(24-10-9-23-19(27)14(2)3)25-16-8-11-26(13-16)17-12-15(21)6-7-18(17)28-4;/h6-7,12,14,16H,5,8-11,13H2,1-4H3,(H,23,27)(H2,22,24,25);1H. The van der Waals surface area contributed by atoms with E-state index >= 15 is 0 Å². The first-order valence-electron chi connectivity index (χ1n) is 9.85. The molecule has 1 heterocycles. The second kappa shape index (κ2) is 13.0. The van der Waals surface area contributed by atoms with Crippen molar-refractivity contribution in [2.75, 3.05) is 44.7 Å². The molecule has 7 nitrogen and oxygen atoms in total. The number of amides is 1. The quantitative estimate of drug-likeness (QED) is 0.206. The Bertz CT molecular complexity index is 687. The van der Waals surface area contributed by atoms with Crippen LogP contribution in [0.1, 0.15) is 27.2 Å². The minimum Gasteiger partial charge on any atom is -0.495 e. The summed E-state index contributed by atoms with van der Waals surface area (Å²) in [4.78, 5) is 18.5. The number of anilines is 1. The zero-order valence-electron chi connectivity index (χ0n) is 17.6. The molecular formula is C20H33ClIN5O2. The third-order valence-corrected chi connectivity index (χ3v) is 4.80. The van der Waals surface area contributed by atoms with Crippen molar-refractivity contribution in [1.82, 2.24) is 16.0 Å². The summed E-state index contributed by atoms with van der Waals surface area (Å²) in [5.74, 6) is 1.64. The maximum atomic E-state index is 11.6. The number of halogens is 2. The van der Waals surface area contributed by atoms with Gasteiger partial charge in [0.1, 0.15) is 5.75 Å². The SMILES string of the molecule is CCNC(=NCCNC(=O)C(C)C)NC1CCN(c2cc(Cl)ccc2OC)C1.I. The Morgan fingerprint density at radius 2 is 2.14 bits per heavy atom. The highest BCUT2D eigenvalue weighted by Gasteiger charge is 2.25. The van der Waals surface area contributed by atoms with Crippen molar-refractivity contribution < 1.29 is 9.53 Å². The Kier molecular flexibility index (Phi) is 11.5. The number of methoxy groups -OCH3 is 1. The third kappa shape index (κ3) is 8.08. The first kappa shape index (κ1) is 25.6. The molecule has 0 bridgehead atoms. The van der Waals surface area contributed by atoms with E-state index < -0.39 is 0 Å². The zero-order valence-corrected chi connectivity index (χ0v) is 20.7. The first-order chi connectivity index (χ1) is 13.4. The molecule has 1 atom stereocenters. The molecule has 1 unspecified atom stereocenters. The molecule has 0 aliphatic carbocycles. The molecule has 1 amide bonds. The number of aliphatic imine (C=N–C) groups is 1. The molecular weight excluding hydrogens is 505 g/mol. The summed E-state index contributed by atoms with van der Waals surface area (Å²) >= 11 is 6.17. The van der Waals surface area contributed by atoms with Gasteiger partial charge in [-0.25, -0.2) is 0 Å². The van der Waals surface area contributed by atoms with Crippen molar-refractivity contribution in [3.8, 4) is 5.75 Å². The molecule has 164 valence electrons. The van der Waals surface area contributed by atoms with Crippen LogP contribution in [0.4, 0.5) is 5.69 Å². The maximum Gasteiger partial charge on any atom is 0.222 e. The highest BCUT2D eigenvalue weighted by atomic mass is 127. The van der Waals surface area contributed by atoms with E-state index in [1.165, 1.54) is 0 Å². The lowest BCUT2D eigenvalue weighted by Gasteiger charge is -2.22. The van der Waals surface area contributed by atoms with Crippen molar-refractivity contribution >= 4 is 53.1 Å². The smallest absolute Gasteiger partial charge is 0.222 e. The number of ether oxygens (including phenoxy) is 1. The molecule has 1 saturated heterocycles. The Balaban J connectivity index is 0.00000420. The van der Waals surface area contributed by atoms with E-state index in [1.807, 2.05) is 39.0 Å². The minimum atomic E-state index is -0.0108. The van der Waals surface area contributed by atoms with Crippen molar-refractivity contribution in [1.29, 1.82) is 0 Å². The Labute approximate surface area is 196 Å². The van der Waals surface area contributed by atoms with Crippen LogP contribution in [-0.4, -0.2) is 57.7 Å². The van der Waals surface area contributed by atoms with E-state index in [0.717, 1.165) is 43.5 Å². The molecule has 29 heavy (non-hydrogen) atoms. The number of nitrogens with one attached hydrogen (secondary N) is 3. The number of hydrogen-bond donors (Lipinski definition) is 3. The van der Waals surface area contributed by atoms with Crippen LogP contribution in [0.3, 0.4) is 0 Å². The Morgan fingerprint density at radius 1 is 1.38 bits per heavy atom. The summed E-state index contributed by atoms with van der Waals surface area (Å²) in [6, 6.07) is 5.95. The van der Waals surface area contributed by atoms with Crippen molar-refractivity contribution in [2.45, 2.75) is 33.2 Å². The molecule has 1 fully saturated rings. The summed E-state index contributed by atoms with van der Waals surface area (Å²) in [6.07, 6.45) is 0.990. The first-order valence-corrected chi connectivity index (χ1v) is 10.2. The summed E-state index contributed by atoms with van der Waals surface area (Å²) in [6.45, 7) is 9.40. The molecule has 0 spiro atoms. The number of nitrogens with zero attached hydrogens (tertiary/aromatic N) is 2. The number of rotatable bonds is 8. The normalized spacial score (nSPS) is 16.4. The molecule has 3 N–H and O–H groups in total. The lowest BCUT2D eigenvalue weighted by molar-refractivity contribution is -0.123. The summed E-state index contributed by atoms with van der Waals surface area (Å²) < 4.78 is 5.48. The fourth-order valence-electron chi connectivity index (χ4n) is 3.07. The molecule has 1 aliphatic heterocycles. The summed E-state index contributed by atoms with van der Waals surface area (Å²) in [5, 5.41) is 10.3. The molecule has 1 aromatic carbocycles. The predicted octanol–water partition coefficient (Wildman–Crippen LogP) is 2.87. The van der Waals surface area contributed by atoms with Gasteiger partial charge in [0, 0.05) is 43.2 Å². The van der Waals surface area contributed by atoms with Crippen LogP contribution in [0.2, 0.25) is 5.02 Å². The average molecular weight is 538 g/mol. The number of hydrogen-bond acceptors (Lipinski definition) is 4. The van der Waals surface area contributed by atoms with Gasteiger partial charge in [-0.1, -0.05) is 25.4 Å². The monoisotopic (exact) mass is 537 g/mol. The van der Waals surface area contributed by atoms with Gasteiger partial charge in [-0.15, -0.1) is 24.0 Å². The lowest BCUT2D eigenvalue weighted by atomic mass is 10.2. The van der Waals surface area contributed by atoms with Gasteiger partial charge in [0.2, 0.25) is 5.91 Å². The van der Waals surface area contributed by atoms with Crippen molar-refractivity contribution in [3.05, 3.63) is 23.2 Å². The molecule has 1 aromatic rings. The average Bonchev–Trinajstić information content (AvgIpc) is 3.13. The minimum absolute atomic E-state index is 0. The van der Waals surface area contributed by atoms with Crippen LogP contribution < -0.4 is 25.6 Å². The van der Waals surface area contributed by atoms with E-state index in [2.05, 4.69) is 25.8 Å². The highest BCUT2D eigenvalue weighted by Crippen LogP contribution is 2.33. The van der Waals surface area contributed by atoms with Gasteiger partial charge in [0.05, 0.1) is 19.3 Å². The largest absolute Gasteiger partial charge is 0.495 e. The molecule has 0 saturated carbocycles. The molecule has 0 aromatic heterocycles. The van der Waals surface area contributed by atoms with Gasteiger partial charge in [-0.2, -0.15) is 0 Å². The summed E-state index contributed by atoms with van der Waals surface area (Å²) in [7, 11) is 1.67. The summed E-state index contributed by atoms with van der Waals surface area (Å²) in [5.41, 5.74) is 1.01. The van der Waals surface area contributed by atoms with Crippen LogP contribution in [-0.2, 0) is 4.79 Å². The van der Waals surface area contributed by atoms with E-state index in [0.29, 0.717) is 18.1 Å². The third-order valence-electron chi connectivity index (χ3n) is 4.56. The van der Waals surface area contributed by atoms with E-state index in [9.17, 15) is 4.79 Å². The second-order valence-corrected chi connectivity index (χ2v) is 7.53. The van der Waals surface area contributed by atoms with Gasteiger partial charge in [0.15, 0.2) is 5.96 Å². The number of guanidine groups is 1. The molecule has 2 rings (SSSR count). The Morgan fingerprint density at radius 3 is 2.79 bits per heavy atom. The maximum absolute atomic E-state index is 11.6. The van der Waals surface area contributed by atoms with Gasteiger partial charge in [-0.05, 0) is 31.5 Å².